The van der Waals surface area contributed by atoms with E-state index in [1.807, 2.05) is 30.0 Å². The Morgan fingerprint density at radius 2 is 1.82 bits per heavy atom. The number of nitrogen functional groups attached to an aromatic ring is 1. The van der Waals surface area contributed by atoms with Crippen LogP contribution in [0, 0.1) is 6.92 Å². The van der Waals surface area contributed by atoms with E-state index in [0.717, 1.165) is 27.3 Å². The van der Waals surface area contributed by atoms with E-state index in [4.69, 9.17) is 5.73 Å². The molecule has 3 heterocycles. The fraction of sp³-hybridized carbons (Fsp3) is 0.208. The summed E-state index contributed by atoms with van der Waals surface area (Å²) >= 11 is 0. The Morgan fingerprint density at radius 1 is 1.06 bits per heavy atom. The maximum atomic E-state index is 13.3. The fourth-order valence-electron chi connectivity index (χ4n) is 4.22. The monoisotopic (exact) mass is 476 g/mol. The maximum Gasteiger partial charge on any atom is 0.283 e. The highest BCUT2D eigenvalue weighted by Gasteiger charge is 2.35. The van der Waals surface area contributed by atoms with E-state index < -0.39 is 15.6 Å². The van der Waals surface area contributed by atoms with Crippen molar-refractivity contribution in [1.29, 1.82) is 0 Å². The molecular formula is C24H24N6O3S. The summed E-state index contributed by atoms with van der Waals surface area (Å²) in [5.74, 6) is 0.842. The number of rotatable bonds is 5. The van der Waals surface area contributed by atoms with Crippen LogP contribution in [0.3, 0.4) is 0 Å². The Balaban J connectivity index is 1.56. The van der Waals surface area contributed by atoms with Gasteiger partial charge in [0.25, 0.3) is 10.0 Å². The highest BCUT2D eigenvalue weighted by atomic mass is 32.2. The summed E-state index contributed by atoms with van der Waals surface area (Å²) in [6.07, 6.45) is 3.78. The van der Waals surface area contributed by atoms with Gasteiger partial charge in [-0.3, -0.25) is 0 Å². The van der Waals surface area contributed by atoms with Crippen molar-refractivity contribution in [3.05, 3.63) is 89.4 Å². The van der Waals surface area contributed by atoms with Gasteiger partial charge >= 0.3 is 0 Å². The van der Waals surface area contributed by atoms with Crippen LogP contribution >= 0.6 is 0 Å². The molecule has 1 aliphatic rings. The van der Waals surface area contributed by atoms with Gasteiger partial charge in [0, 0.05) is 18.4 Å². The lowest BCUT2D eigenvalue weighted by molar-refractivity contribution is 0.0957. The van der Waals surface area contributed by atoms with Crippen LogP contribution in [-0.4, -0.2) is 39.2 Å². The third-order valence-corrected chi connectivity index (χ3v) is 7.75. The predicted octanol–water partition coefficient (Wildman–Crippen LogP) is 2.75. The van der Waals surface area contributed by atoms with E-state index in [0.29, 0.717) is 17.9 Å². The van der Waals surface area contributed by atoms with Crippen LogP contribution in [-0.2, 0) is 22.0 Å². The zero-order valence-electron chi connectivity index (χ0n) is 18.8. The fourth-order valence-corrected chi connectivity index (χ4v) is 5.58. The summed E-state index contributed by atoms with van der Waals surface area (Å²) in [5.41, 5.74) is 7.72. The number of fused-ring (bicyclic) bond motifs is 1. The molecular weight excluding hydrogens is 452 g/mol. The van der Waals surface area contributed by atoms with Crippen molar-refractivity contribution in [1.82, 2.24) is 19.2 Å². The lowest BCUT2D eigenvalue weighted by atomic mass is 9.91. The van der Waals surface area contributed by atoms with Crippen LogP contribution in [0.15, 0.2) is 71.9 Å². The van der Waals surface area contributed by atoms with Gasteiger partial charge in [-0.15, -0.1) is 0 Å². The van der Waals surface area contributed by atoms with Gasteiger partial charge in [-0.1, -0.05) is 29.8 Å². The lowest BCUT2D eigenvalue weighted by Gasteiger charge is -2.26. The molecule has 0 saturated carbocycles. The minimum absolute atomic E-state index is 0.0975. The molecule has 34 heavy (non-hydrogen) atoms. The molecule has 0 bridgehead atoms. The van der Waals surface area contributed by atoms with Crippen molar-refractivity contribution < 1.29 is 13.5 Å². The zero-order valence-corrected chi connectivity index (χ0v) is 19.6. The second kappa shape index (κ2) is 7.93. The van der Waals surface area contributed by atoms with E-state index in [1.165, 1.54) is 24.4 Å². The van der Waals surface area contributed by atoms with Gasteiger partial charge in [0.2, 0.25) is 5.95 Å². The van der Waals surface area contributed by atoms with E-state index in [2.05, 4.69) is 15.1 Å². The van der Waals surface area contributed by atoms with Gasteiger partial charge in [-0.25, -0.2) is 4.98 Å². The molecule has 5 rings (SSSR count). The summed E-state index contributed by atoms with van der Waals surface area (Å²) in [5, 5.41) is 15.7. The Labute approximate surface area is 197 Å². The first-order valence-corrected chi connectivity index (χ1v) is 12.2. The maximum absolute atomic E-state index is 13.3. The Kier molecular flexibility index (Phi) is 5.14. The molecule has 0 radical (unpaired) electrons. The van der Waals surface area contributed by atoms with Crippen LogP contribution < -0.4 is 10.6 Å². The summed E-state index contributed by atoms with van der Waals surface area (Å²) in [6, 6.07) is 15.4. The number of hydrogen-bond donors (Lipinski definition) is 2. The highest BCUT2D eigenvalue weighted by Crippen LogP contribution is 2.39. The second-order valence-electron chi connectivity index (χ2n) is 8.47. The van der Waals surface area contributed by atoms with E-state index >= 15 is 0 Å². The van der Waals surface area contributed by atoms with Gasteiger partial charge in [-0.2, -0.15) is 22.6 Å². The standard InChI is InChI=1S/C24H24N6O3S/c1-16-3-7-19(8-4-16)34(32,33)30-21(9-13-27-30)24(2,31)18-6-5-17-11-14-29(20(17)15-18)22-10-12-26-23(25)28-22/h3-10,12-13,15,31H,11,14H2,1-2H3,(H2,25,26,28). The van der Waals surface area contributed by atoms with Crippen molar-refractivity contribution in [3.8, 4) is 0 Å². The van der Waals surface area contributed by atoms with Crippen molar-refractivity contribution >= 4 is 27.5 Å². The largest absolute Gasteiger partial charge is 0.379 e. The van der Waals surface area contributed by atoms with Gasteiger partial charge in [0.1, 0.15) is 11.4 Å². The molecule has 0 aliphatic carbocycles. The zero-order chi connectivity index (χ0) is 24.1. The van der Waals surface area contributed by atoms with Crippen molar-refractivity contribution in [2.45, 2.75) is 30.8 Å². The van der Waals surface area contributed by atoms with Crippen LogP contribution in [0.4, 0.5) is 17.5 Å². The number of aromatic nitrogens is 4. The number of benzene rings is 2. The van der Waals surface area contributed by atoms with Crippen molar-refractivity contribution in [3.63, 3.8) is 0 Å². The van der Waals surface area contributed by atoms with E-state index in [9.17, 15) is 13.5 Å². The molecule has 3 N–H and O–H groups in total. The van der Waals surface area contributed by atoms with Crippen LogP contribution in [0.25, 0.3) is 0 Å². The van der Waals surface area contributed by atoms with Crippen molar-refractivity contribution in [2.24, 2.45) is 0 Å². The molecule has 10 heteroatoms. The SMILES string of the molecule is Cc1ccc(S(=O)(=O)n2nccc2C(C)(O)c2ccc3c(c2)N(c2ccnc(N)n2)CC3)cc1. The molecule has 0 spiro atoms. The molecule has 0 amide bonds. The minimum Gasteiger partial charge on any atom is -0.379 e. The third-order valence-electron chi connectivity index (χ3n) is 6.13. The number of anilines is 3. The second-order valence-corrected chi connectivity index (χ2v) is 10.2. The van der Waals surface area contributed by atoms with Gasteiger partial charge in [0.05, 0.1) is 16.8 Å². The Bertz CT molecular complexity index is 1480. The quantitative estimate of drug-likeness (QED) is 0.450. The number of nitrogens with zero attached hydrogens (tertiary/aromatic N) is 5. The van der Waals surface area contributed by atoms with Crippen LogP contribution in [0.2, 0.25) is 0 Å². The molecule has 1 unspecified atom stereocenters. The first kappa shape index (κ1) is 22.1. The molecule has 1 aliphatic heterocycles. The number of hydrogen-bond acceptors (Lipinski definition) is 8. The van der Waals surface area contributed by atoms with E-state index in [-0.39, 0.29) is 16.5 Å². The summed E-state index contributed by atoms with van der Waals surface area (Å²) in [7, 11) is -4.00. The van der Waals surface area contributed by atoms with Gasteiger partial charge in [-0.05, 0) is 61.7 Å². The summed E-state index contributed by atoms with van der Waals surface area (Å²) in [6.45, 7) is 4.15. The molecule has 9 nitrogen and oxygen atoms in total. The summed E-state index contributed by atoms with van der Waals surface area (Å²) < 4.78 is 27.5. The third kappa shape index (κ3) is 3.61. The van der Waals surface area contributed by atoms with E-state index in [1.54, 1.807) is 31.3 Å². The molecule has 0 fully saturated rings. The molecule has 1 atom stereocenters. The molecule has 0 saturated heterocycles. The van der Waals surface area contributed by atoms with Crippen molar-refractivity contribution in [2.75, 3.05) is 17.2 Å². The number of aryl methyl sites for hydroxylation is 1. The Morgan fingerprint density at radius 3 is 2.56 bits per heavy atom. The number of aliphatic hydroxyl groups is 1. The highest BCUT2D eigenvalue weighted by molar-refractivity contribution is 7.89. The molecule has 2 aromatic carbocycles. The predicted molar refractivity (Wildman–Crippen MR) is 128 cm³/mol. The van der Waals surface area contributed by atoms with Crippen LogP contribution in [0.1, 0.15) is 29.3 Å². The topological polar surface area (TPSA) is 127 Å². The molecule has 4 aromatic rings. The van der Waals surface area contributed by atoms with Crippen LogP contribution in [0.5, 0.6) is 0 Å². The molecule has 174 valence electrons. The lowest BCUT2D eigenvalue weighted by Crippen LogP contribution is -2.30. The number of nitrogens with two attached hydrogens (primary N) is 1. The average molecular weight is 477 g/mol. The van der Waals surface area contributed by atoms with Gasteiger partial charge in [0.15, 0.2) is 0 Å². The summed E-state index contributed by atoms with van der Waals surface area (Å²) in [4.78, 5) is 10.4. The first-order chi connectivity index (χ1) is 16.2. The minimum atomic E-state index is -4.00. The smallest absolute Gasteiger partial charge is 0.283 e. The Hall–Kier alpha value is -3.76. The normalized spacial score (nSPS) is 15.2. The first-order valence-electron chi connectivity index (χ1n) is 10.8. The van der Waals surface area contributed by atoms with Gasteiger partial charge < -0.3 is 15.7 Å². The molecule has 2 aromatic heterocycles. The average Bonchev–Trinajstić information content (AvgIpc) is 3.47.